The average molecular weight is 581 g/mol. The van der Waals surface area contributed by atoms with Crippen molar-refractivity contribution in [2.24, 2.45) is 11.8 Å². The predicted molar refractivity (Wildman–Crippen MR) is 136 cm³/mol. The van der Waals surface area contributed by atoms with Crippen molar-refractivity contribution in [1.82, 2.24) is 9.97 Å². The fraction of sp³-hybridized carbons (Fsp3) is 0.333. The third-order valence-electron chi connectivity index (χ3n) is 6.40. The van der Waals surface area contributed by atoms with E-state index in [1.165, 1.54) is 12.2 Å². The summed E-state index contributed by atoms with van der Waals surface area (Å²) in [5, 5.41) is 0. The highest BCUT2D eigenvalue weighted by Crippen LogP contribution is 2.41. The highest BCUT2D eigenvalue weighted by molar-refractivity contribution is 5.71. The molecule has 1 heterocycles. The van der Waals surface area contributed by atoms with E-state index in [4.69, 9.17) is 0 Å². The Hall–Kier alpha value is -3.94. The maximum Gasteiger partial charge on any atom is 0.410 e. The second-order valence-electron chi connectivity index (χ2n) is 9.53. The molecule has 1 aromatic heterocycles. The molecular weight excluding hydrogens is 556 g/mol. The summed E-state index contributed by atoms with van der Waals surface area (Å²) in [6.07, 6.45) is 3.96. The van der Waals surface area contributed by atoms with Crippen molar-refractivity contribution in [3.05, 3.63) is 95.1 Å². The standard InChI is InChI=1S/C30H24F8N2O/c1-2-3-4-5-18-15-39-29(40-16-18)20-9-8-19(22(31)12-20)7-6-17-10-23(32)27(24(33)11-17)30(37,38)41-21-13-25(34)28(36)26(35)14-21/h8-16,19,22-23,27H,2-5H2,1H3. The summed E-state index contributed by atoms with van der Waals surface area (Å²) < 4.78 is 117. The summed E-state index contributed by atoms with van der Waals surface area (Å²) in [5.41, 5.74) is 1.09. The summed E-state index contributed by atoms with van der Waals surface area (Å²) in [4.78, 5) is 8.57. The lowest BCUT2D eigenvalue weighted by Crippen LogP contribution is -2.41. The molecule has 0 bridgehead atoms. The van der Waals surface area contributed by atoms with Crippen LogP contribution in [0.25, 0.3) is 5.57 Å². The quantitative estimate of drug-likeness (QED) is 0.138. The molecule has 0 radical (unpaired) electrons. The summed E-state index contributed by atoms with van der Waals surface area (Å²) in [6, 6.07) is 0.245. The van der Waals surface area contributed by atoms with Gasteiger partial charge in [0.2, 0.25) is 0 Å². The zero-order valence-electron chi connectivity index (χ0n) is 21.7. The highest BCUT2D eigenvalue weighted by Gasteiger charge is 2.51. The first kappa shape index (κ1) is 30.0. The van der Waals surface area contributed by atoms with E-state index >= 15 is 0 Å². The van der Waals surface area contributed by atoms with E-state index in [-0.39, 0.29) is 17.7 Å². The van der Waals surface area contributed by atoms with Gasteiger partial charge in [-0.3, -0.25) is 0 Å². The summed E-state index contributed by atoms with van der Waals surface area (Å²) in [7, 11) is 0. The van der Waals surface area contributed by atoms with Crippen molar-refractivity contribution in [2.45, 2.75) is 51.1 Å². The molecule has 0 N–H and O–H groups in total. The van der Waals surface area contributed by atoms with E-state index in [1.54, 1.807) is 18.5 Å². The average Bonchev–Trinajstić information content (AvgIpc) is 2.90. The SMILES string of the molecule is CCCCCc1cnc(C2=CC(F)C(C#CC3=CC(F)C(C(F)(F)Oc4cc(F)c(F)c(F)c4)C(F)=C3)C=C2)nc1. The number of nitrogens with zero attached hydrogens (tertiary/aromatic N) is 2. The third-order valence-corrected chi connectivity index (χ3v) is 6.40. The zero-order chi connectivity index (χ0) is 29.7. The van der Waals surface area contributed by atoms with Gasteiger partial charge in [0.05, 0.1) is 5.92 Å². The molecule has 0 amide bonds. The molecule has 11 heteroatoms. The van der Waals surface area contributed by atoms with Crippen LogP contribution in [0.3, 0.4) is 0 Å². The van der Waals surface area contributed by atoms with Gasteiger partial charge in [0.1, 0.15) is 29.8 Å². The normalized spacial score (nSPS) is 22.3. The fourth-order valence-electron chi connectivity index (χ4n) is 4.24. The van der Waals surface area contributed by atoms with Gasteiger partial charge in [-0.25, -0.2) is 36.3 Å². The van der Waals surface area contributed by atoms with Crippen molar-refractivity contribution >= 4 is 5.57 Å². The molecule has 0 fully saturated rings. The van der Waals surface area contributed by atoms with Crippen molar-refractivity contribution in [3.63, 3.8) is 0 Å². The zero-order valence-corrected chi connectivity index (χ0v) is 21.7. The van der Waals surface area contributed by atoms with Gasteiger partial charge in [-0.15, -0.1) is 0 Å². The molecule has 0 saturated carbocycles. The van der Waals surface area contributed by atoms with Crippen molar-refractivity contribution < 1.29 is 39.9 Å². The molecule has 4 rings (SSSR count). The van der Waals surface area contributed by atoms with Gasteiger partial charge in [-0.2, -0.15) is 8.78 Å². The molecule has 41 heavy (non-hydrogen) atoms. The van der Waals surface area contributed by atoms with E-state index in [1.807, 2.05) is 0 Å². The molecular formula is C30H24F8N2O. The number of hydrogen-bond acceptors (Lipinski definition) is 3. The maximum absolute atomic E-state index is 14.8. The Morgan fingerprint density at radius 1 is 0.951 bits per heavy atom. The van der Waals surface area contributed by atoms with Crippen LogP contribution in [0.4, 0.5) is 35.1 Å². The number of halogens is 8. The second-order valence-corrected chi connectivity index (χ2v) is 9.53. The minimum absolute atomic E-state index is 0.122. The molecule has 2 aromatic rings. The second kappa shape index (κ2) is 12.7. The number of alkyl halides is 4. The molecule has 4 atom stereocenters. The molecule has 216 valence electrons. The fourth-order valence-corrected chi connectivity index (χ4v) is 4.24. The van der Waals surface area contributed by atoms with Crippen LogP contribution in [-0.2, 0) is 6.42 Å². The van der Waals surface area contributed by atoms with E-state index in [0.29, 0.717) is 23.5 Å². The van der Waals surface area contributed by atoms with Gasteiger partial charge in [0.15, 0.2) is 23.3 Å². The predicted octanol–water partition coefficient (Wildman–Crippen LogP) is 7.96. The monoisotopic (exact) mass is 580 g/mol. The lowest BCUT2D eigenvalue weighted by atomic mass is 9.91. The topological polar surface area (TPSA) is 35.0 Å². The van der Waals surface area contributed by atoms with Gasteiger partial charge in [-0.05, 0) is 36.6 Å². The number of hydrogen-bond donors (Lipinski definition) is 0. The van der Waals surface area contributed by atoms with Gasteiger partial charge < -0.3 is 4.74 Å². The minimum Gasteiger partial charge on any atom is -0.432 e. The Kier molecular flexibility index (Phi) is 9.31. The molecule has 0 saturated heterocycles. The number of allylic oxidation sites excluding steroid dienone is 7. The summed E-state index contributed by atoms with van der Waals surface area (Å²) in [5.74, 6) is -6.96. The Morgan fingerprint density at radius 2 is 1.63 bits per heavy atom. The van der Waals surface area contributed by atoms with Gasteiger partial charge >= 0.3 is 6.11 Å². The smallest absolute Gasteiger partial charge is 0.410 e. The van der Waals surface area contributed by atoms with Crippen LogP contribution >= 0.6 is 0 Å². The van der Waals surface area contributed by atoms with Crippen LogP contribution in [0.2, 0.25) is 0 Å². The molecule has 1 aromatic carbocycles. The number of unbranched alkanes of at least 4 members (excludes halogenated alkanes) is 2. The minimum atomic E-state index is -4.61. The number of ether oxygens (including phenoxy) is 1. The van der Waals surface area contributed by atoms with Crippen LogP contribution in [0.15, 0.2) is 66.3 Å². The maximum atomic E-state index is 14.8. The number of aryl methyl sites for hydroxylation is 1. The lowest BCUT2D eigenvalue weighted by molar-refractivity contribution is -0.219. The molecule has 2 aliphatic carbocycles. The molecule has 4 unspecified atom stereocenters. The Morgan fingerprint density at radius 3 is 2.24 bits per heavy atom. The number of benzene rings is 1. The Labute approximate surface area is 231 Å². The molecule has 0 spiro atoms. The van der Waals surface area contributed by atoms with E-state index in [9.17, 15) is 35.1 Å². The van der Waals surface area contributed by atoms with Crippen LogP contribution in [-0.4, -0.2) is 28.4 Å². The van der Waals surface area contributed by atoms with E-state index in [0.717, 1.165) is 31.2 Å². The van der Waals surface area contributed by atoms with E-state index < -0.39 is 59.3 Å². The first-order chi connectivity index (χ1) is 19.5. The summed E-state index contributed by atoms with van der Waals surface area (Å²) >= 11 is 0. The number of rotatable bonds is 8. The first-order valence-corrected chi connectivity index (χ1v) is 12.8. The Balaban J connectivity index is 1.41. The Bertz CT molecular complexity index is 1430. The third kappa shape index (κ3) is 7.23. The van der Waals surface area contributed by atoms with E-state index in [2.05, 4.69) is 33.5 Å². The van der Waals surface area contributed by atoms with Crippen molar-refractivity contribution in [2.75, 3.05) is 0 Å². The number of aromatic nitrogens is 2. The van der Waals surface area contributed by atoms with Crippen molar-refractivity contribution in [3.8, 4) is 17.6 Å². The van der Waals surface area contributed by atoms with Crippen molar-refractivity contribution in [1.29, 1.82) is 0 Å². The van der Waals surface area contributed by atoms with Gasteiger partial charge in [0.25, 0.3) is 0 Å². The molecule has 0 aliphatic heterocycles. The van der Waals surface area contributed by atoms with Gasteiger partial charge in [-0.1, -0.05) is 43.8 Å². The molecule has 3 nitrogen and oxygen atoms in total. The highest BCUT2D eigenvalue weighted by atomic mass is 19.3. The lowest BCUT2D eigenvalue weighted by Gasteiger charge is -2.29. The summed E-state index contributed by atoms with van der Waals surface area (Å²) in [6.45, 7) is 2.10. The van der Waals surface area contributed by atoms with Crippen LogP contribution in [0.1, 0.15) is 37.6 Å². The van der Waals surface area contributed by atoms with Crippen LogP contribution < -0.4 is 4.74 Å². The molecule has 2 aliphatic rings. The first-order valence-electron chi connectivity index (χ1n) is 12.8. The van der Waals surface area contributed by atoms with Crippen LogP contribution in [0, 0.1) is 41.1 Å². The largest absolute Gasteiger partial charge is 0.432 e. The van der Waals surface area contributed by atoms with Gasteiger partial charge in [0, 0.05) is 35.7 Å². The van der Waals surface area contributed by atoms with Crippen LogP contribution in [0.5, 0.6) is 5.75 Å².